The van der Waals surface area contributed by atoms with Crippen molar-refractivity contribution in [1.29, 1.82) is 0 Å². The molecule has 1 aliphatic heterocycles. The third kappa shape index (κ3) is 4.51. The molecule has 0 amide bonds. The van der Waals surface area contributed by atoms with E-state index in [1.165, 1.54) is 24.3 Å². The first-order chi connectivity index (χ1) is 9.11. The van der Waals surface area contributed by atoms with Gasteiger partial charge in [-0.3, -0.25) is 4.90 Å². The maximum absolute atomic E-state index is 6.01. The van der Waals surface area contributed by atoms with Crippen LogP contribution in [-0.2, 0) is 6.42 Å². The molecule has 0 radical (unpaired) electrons. The fraction of sp³-hybridized carbons (Fsp3) is 0.625. The highest BCUT2D eigenvalue weighted by atomic mass is 32.2. The topological polar surface area (TPSA) is 29.3 Å². The summed E-state index contributed by atoms with van der Waals surface area (Å²) in [5.74, 6) is 1.23. The van der Waals surface area contributed by atoms with E-state index in [1.807, 2.05) is 0 Å². The van der Waals surface area contributed by atoms with Crippen molar-refractivity contribution in [3.8, 4) is 0 Å². The highest BCUT2D eigenvalue weighted by Crippen LogP contribution is 2.30. The van der Waals surface area contributed by atoms with Gasteiger partial charge in [-0.05, 0) is 32.3 Å². The zero-order valence-corrected chi connectivity index (χ0v) is 13.0. The average Bonchev–Trinajstić information content (AvgIpc) is 2.39. The molecule has 19 heavy (non-hydrogen) atoms. The zero-order valence-electron chi connectivity index (χ0n) is 12.1. The second kappa shape index (κ2) is 6.78. The Morgan fingerprint density at radius 3 is 2.68 bits per heavy atom. The third-order valence-corrected chi connectivity index (χ3v) is 5.15. The van der Waals surface area contributed by atoms with Crippen molar-refractivity contribution in [2.75, 3.05) is 25.4 Å². The van der Waals surface area contributed by atoms with E-state index in [0.29, 0.717) is 10.8 Å². The minimum atomic E-state index is 0.373. The Morgan fingerprint density at radius 1 is 1.32 bits per heavy atom. The van der Waals surface area contributed by atoms with Crippen molar-refractivity contribution in [3.63, 3.8) is 0 Å². The van der Waals surface area contributed by atoms with Gasteiger partial charge in [-0.1, -0.05) is 30.3 Å². The van der Waals surface area contributed by atoms with E-state index in [2.05, 4.69) is 60.8 Å². The van der Waals surface area contributed by atoms with Gasteiger partial charge in [-0.25, -0.2) is 0 Å². The van der Waals surface area contributed by atoms with Crippen LogP contribution in [0.1, 0.15) is 25.8 Å². The van der Waals surface area contributed by atoms with E-state index in [0.717, 1.165) is 19.5 Å². The van der Waals surface area contributed by atoms with Gasteiger partial charge in [0, 0.05) is 36.2 Å². The fourth-order valence-corrected chi connectivity index (χ4v) is 3.93. The summed E-state index contributed by atoms with van der Waals surface area (Å²) in [5, 5.41) is 0. The van der Waals surface area contributed by atoms with Crippen LogP contribution in [0.3, 0.4) is 0 Å². The molecule has 1 heterocycles. The first-order valence-corrected chi connectivity index (χ1v) is 8.21. The number of hydrogen-bond donors (Lipinski definition) is 1. The molecule has 2 nitrogen and oxygen atoms in total. The van der Waals surface area contributed by atoms with Crippen molar-refractivity contribution in [3.05, 3.63) is 35.9 Å². The smallest absolute Gasteiger partial charge is 0.0231 e. The van der Waals surface area contributed by atoms with Crippen LogP contribution >= 0.6 is 11.8 Å². The molecule has 0 aromatic heterocycles. The van der Waals surface area contributed by atoms with Gasteiger partial charge in [0.1, 0.15) is 0 Å². The number of nitrogens with zero attached hydrogens (tertiary/aromatic N) is 1. The molecule has 1 unspecified atom stereocenters. The van der Waals surface area contributed by atoms with E-state index in [-0.39, 0.29) is 0 Å². The maximum Gasteiger partial charge on any atom is 0.0231 e. The fourth-order valence-electron chi connectivity index (χ4n) is 2.79. The molecule has 1 saturated heterocycles. The number of aryl methyl sites for hydroxylation is 1. The number of thioether (sulfide) groups is 1. The van der Waals surface area contributed by atoms with Gasteiger partial charge in [0.2, 0.25) is 0 Å². The number of nitrogens with two attached hydrogens (primary N) is 1. The first kappa shape index (κ1) is 14.9. The molecule has 0 saturated carbocycles. The Bertz CT molecular complexity index is 378. The molecule has 1 aromatic carbocycles. The van der Waals surface area contributed by atoms with Crippen LogP contribution in [0.25, 0.3) is 0 Å². The van der Waals surface area contributed by atoms with Gasteiger partial charge >= 0.3 is 0 Å². The van der Waals surface area contributed by atoms with Crippen molar-refractivity contribution in [1.82, 2.24) is 4.90 Å². The molecule has 0 bridgehead atoms. The molecule has 3 heteroatoms. The van der Waals surface area contributed by atoms with Crippen LogP contribution in [0, 0.1) is 0 Å². The number of hydrogen-bond acceptors (Lipinski definition) is 3. The zero-order chi connectivity index (χ0) is 13.7. The van der Waals surface area contributed by atoms with Crippen LogP contribution < -0.4 is 5.73 Å². The molecule has 1 aliphatic rings. The van der Waals surface area contributed by atoms with E-state index in [1.54, 1.807) is 0 Å². The molecule has 2 rings (SSSR count). The Morgan fingerprint density at radius 2 is 2.05 bits per heavy atom. The van der Waals surface area contributed by atoms with Crippen LogP contribution in [-0.4, -0.2) is 41.1 Å². The molecule has 0 aliphatic carbocycles. The van der Waals surface area contributed by atoms with Gasteiger partial charge < -0.3 is 5.73 Å². The van der Waals surface area contributed by atoms with Gasteiger partial charge in [-0.2, -0.15) is 11.8 Å². The predicted octanol–water partition coefficient (Wildman–Crippen LogP) is 2.77. The minimum Gasteiger partial charge on any atom is -0.329 e. The number of rotatable bonds is 5. The first-order valence-electron chi connectivity index (χ1n) is 7.23. The summed E-state index contributed by atoms with van der Waals surface area (Å²) < 4.78 is 0.373. The molecule has 1 fully saturated rings. The number of benzene rings is 1. The highest BCUT2D eigenvalue weighted by molar-refractivity contribution is 8.00. The van der Waals surface area contributed by atoms with Crippen LogP contribution in [0.15, 0.2) is 30.3 Å². The lowest BCUT2D eigenvalue weighted by molar-refractivity contribution is 0.182. The normalized spacial score (nSPS) is 21.2. The van der Waals surface area contributed by atoms with Crippen LogP contribution in [0.4, 0.5) is 0 Å². The summed E-state index contributed by atoms with van der Waals surface area (Å²) in [4.78, 5) is 2.60. The Kier molecular flexibility index (Phi) is 5.31. The largest absolute Gasteiger partial charge is 0.329 e. The summed E-state index contributed by atoms with van der Waals surface area (Å²) >= 11 is 2.08. The molecule has 0 spiro atoms. The van der Waals surface area contributed by atoms with Gasteiger partial charge in [-0.15, -0.1) is 0 Å². The Labute approximate surface area is 121 Å². The SMILES string of the molecule is CC1(C)CN(C(CN)CCc2ccccc2)CCS1. The lowest BCUT2D eigenvalue weighted by Crippen LogP contribution is -2.50. The van der Waals surface area contributed by atoms with E-state index in [9.17, 15) is 0 Å². The minimum absolute atomic E-state index is 0.373. The van der Waals surface area contributed by atoms with Gasteiger partial charge in [0.15, 0.2) is 0 Å². The lowest BCUT2D eigenvalue weighted by Gasteiger charge is -2.41. The Hall–Kier alpha value is -0.510. The molecule has 1 aromatic rings. The standard InChI is InChI=1S/C16H26N2S/c1-16(2)13-18(10-11-19-16)15(12-17)9-8-14-6-4-3-5-7-14/h3-7,15H,8-13,17H2,1-2H3. The van der Waals surface area contributed by atoms with Crippen molar-refractivity contribution in [2.45, 2.75) is 37.5 Å². The lowest BCUT2D eigenvalue weighted by atomic mass is 10.0. The second-order valence-corrected chi connectivity index (χ2v) is 7.79. The van der Waals surface area contributed by atoms with Crippen molar-refractivity contribution < 1.29 is 0 Å². The molecule has 2 N–H and O–H groups in total. The second-order valence-electron chi connectivity index (χ2n) is 5.99. The van der Waals surface area contributed by atoms with E-state index >= 15 is 0 Å². The van der Waals surface area contributed by atoms with E-state index in [4.69, 9.17) is 5.73 Å². The van der Waals surface area contributed by atoms with Gasteiger partial charge in [0.25, 0.3) is 0 Å². The monoisotopic (exact) mass is 278 g/mol. The molecule has 106 valence electrons. The highest BCUT2D eigenvalue weighted by Gasteiger charge is 2.30. The molecular weight excluding hydrogens is 252 g/mol. The van der Waals surface area contributed by atoms with Crippen molar-refractivity contribution in [2.24, 2.45) is 5.73 Å². The summed E-state index contributed by atoms with van der Waals surface area (Å²) in [6, 6.07) is 11.3. The quantitative estimate of drug-likeness (QED) is 0.898. The van der Waals surface area contributed by atoms with Crippen LogP contribution in [0.2, 0.25) is 0 Å². The Balaban J connectivity index is 1.89. The summed E-state index contributed by atoms with van der Waals surface area (Å²) in [6.07, 6.45) is 2.30. The molecular formula is C16H26N2S. The maximum atomic E-state index is 6.01. The summed E-state index contributed by atoms with van der Waals surface area (Å²) in [7, 11) is 0. The molecule has 1 atom stereocenters. The van der Waals surface area contributed by atoms with Gasteiger partial charge in [0.05, 0.1) is 0 Å². The third-order valence-electron chi connectivity index (χ3n) is 3.85. The van der Waals surface area contributed by atoms with Crippen LogP contribution in [0.5, 0.6) is 0 Å². The predicted molar refractivity (Wildman–Crippen MR) is 85.7 cm³/mol. The van der Waals surface area contributed by atoms with Crippen molar-refractivity contribution >= 4 is 11.8 Å². The average molecular weight is 278 g/mol. The van der Waals surface area contributed by atoms with E-state index < -0.39 is 0 Å². The summed E-state index contributed by atoms with van der Waals surface area (Å²) in [5.41, 5.74) is 7.43. The summed E-state index contributed by atoms with van der Waals surface area (Å²) in [6.45, 7) is 7.80.